The number of carbonyl (C=O) groups excluding carboxylic acids is 1. The average Bonchev–Trinajstić information content (AvgIpc) is 2.82. The Morgan fingerprint density at radius 2 is 2.09 bits per heavy atom. The predicted octanol–water partition coefficient (Wildman–Crippen LogP) is 3.31. The second-order valence-corrected chi connectivity index (χ2v) is 9.69. The number of halogens is 1. The Morgan fingerprint density at radius 1 is 1.28 bits per heavy atom. The summed E-state index contributed by atoms with van der Waals surface area (Å²) in [5.74, 6) is 1.38. The number of benzene rings is 1. The summed E-state index contributed by atoms with van der Waals surface area (Å²) in [7, 11) is 1.54. The molecule has 174 valence electrons. The molecular weight excluding hydrogens is 430 g/mol. The SMILES string of the molecule is COc1cc(NCC2CC3CC(Cl)C(OCC4CCOCC4)CC3NC2=O)ccc1C#N. The van der Waals surface area contributed by atoms with Crippen molar-refractivity contribution < 1.29 is 19.0 Å². The highest BCUT2D eigenvalue weighted by molar-refractivity contribution is 6.21. The van der Waals surface area contributed by atoms with Gasteiger partial charge in [0.15, 0.2) is 0 Å². The maximum Gasteiger partial charge on any atom is 0.225 e. The zero-order chi connectivity index (χ0) is 22.5. The number of amides is 1. The Kier molecular flexibility index (Phi) is 7.77. The van der Waals surface area contributed by atoms with E-state index in [1.54, 1.807) is 19.2 Å². The van der Waals surface area contributed by atoms with Gasteiger partial charge in [-0.05, 0) is 56.1 Å². The van der Waals surface area contributed by atoms with Crippen LogP contribution in [0, 0.1) is 29.1 Å². The molecule has 2 heterocycles. The maximum atomic E-state index is 12.8. The van der Waals surface area contributed by atoms with Crippen molar-refractivity contribution in [2.24, 2.45) is 17.8 Å². The molecule has 2 saturated heterocycles. The van der Waals surface area contributed by atoms with Crippen LogP contribution in [0.3, 0.4) is 0 Å². The lowest BCUT2D eigenvalue weighted by molar-refractivity contribution is -0.130. The first-order chi connectivity index (χ1) is 15.6. The van der Waals surface area contributed by atoms with E-state index in [1.807, 2.05) is 6.07 Å². The molecule has 5 atom stereocenters. The van der Waals surface area contributed by atoms with Gasteiger partial charge in [-0.3, -0.25) is 4.79 Å². The van der Waals surface area contributed by atoms with Gasteiger partial charge < -0.3 is 24.8 Å². The number of methoxy groups -OCH3 is 1. The van der Waals surface area contributed by atoms with Gasteiger partial charge in [0.25, 0.3) is 0 Å². The van der Waals surface area contributed by atoms with E-state index in [1.165, 1.54) is 0 Å². The minimum Gasteiger partial charge on any atom is -0.495 e. The van der Waals surface area contributed by atoms with Gasteiger partial charge in [0.1, 0.15) is 11.8 Å². The first-order valence-corrected chi connectivity index (χ1v) is 12.0. The van der Waals surface area contributed by atoms with Crippen molar-refractivity contribution in [3.63, 3.8) is 0 Å². The summed E-state index contributed by atoms with van der Waals surface area (Å²) in [6.07, 6.45) is 4.52. The molecule has 8 heteroatoms. The van der Waals surface area contributed by atoms with E-state index in [0.717, 1.165) is 57.6 Å². The number of alkyl halides is 1. The second-order valence-electron chi connectivity index (χ2n) is 9.13. The number of ether oxygens (including phenoxy) is 3. The van der Waals surface area contributed by atoms with Gasteiger partial charge in [-0.25, -0.2) is 0 Å². The molecule has 0 aromatic heterocycles. The van der Waals surface area contributed by atoms with Crippen molar-refractivity contribution >= 4 is 23.2 Å². The van der Waals surface area contributed by atoms with Crippen molar-refractivity contribution in [1.29, 1.82) is 5.26 Å². The molecule has 2 N–H and O–H groups in total. The van der Waals surface area contributed by atoms with E-state index in [2.05, 4.69) is 16.7 Å². The highest BCUT2D eigenvalue weighted by Gasteiger charge is 2.43. The van der Waals surface area contributed by atoms with Gasteiger partial charge in [0, 0.05) is 37.6 Å². The Bertz CT molecular complexity index is 839. The van der Waals surface area contributed by atoms with Crippen molar-refractivity contribution in [1.82, 2.24) is 5.32 Å². The van der Waals surface area contributed by atoms with Gasteiger partial charge in [-0.2, -0.15) is 5.26 Å². The number of anilines is 1. The number of piperidine rings is 1. The van der Waals surface area contributed by atoms with Crippen LogP contribution in [-0.2, 0) is 14.3 Å². The van der Waals surface area contributed by atoms with Crippen LogP contribution in [0.5, 0.6) is 5.75 Å². The molecule has 32 heavy (non-hydrogen) atoms. The zero-order valence-electron chi connectivity index (χ0n) is 18.5. The monoisotopic (exact) mass is 461 g/mol. The number of nitrogens with zero attached hydrogens (tertiary/aromatic N) is 1. The quantitative estimate of drug-likeness (QED) is 0.605. The zero-order valence-corrected chi connectivity index (χ0v) is 19.3. The molecule has 1 amide bonds. The van der Waals surface area contributed by atoms with E-state index < -0.39 is 0 Å². The molecule has 2 aliphatic heterocycles. The van der Waals surface area contributed by atoms with E-state index in [-0.39, 0.29) is 29.3 Å². The molecule has 1 aromatic rings. The molecule has 3 aliphatic rings. The third-order valence-electron chi connectivity index (χ3n) is 7.03. The van der Waals surface area contributed by atoms with Crippen LogP contribution in [-0.4, -0.2) is 56.9 Å². The fourth-order valence-corrected chi connectivity index (χ4v) is 5.47. The molecule has 0 bridgehead atoms. The lowest BCUT2D eigenvalue weighted by atomic mass is 9.74. The predicted molar refractivity (Wildman–Crippen MR) is 122 cm³/mol. The molecule has 1 saturated carbocycles. The number of hydrogen-bond acceptors (Lipinski definition) is 6. The van der Waals surface area contributed by atoms with Gasteiger partial charge in [0.2, 0.25) is 5.91 Å². The maximum absolute atomic E-state index is 12.8. The first kappa shape index (κ1) is 23.2. The number of nitrogens with one attached hydrogen (secondary N) is 2. The molecule has 4 rings (SSSR count). The fourth-order valence-electron chi connectivity index (χ4n) is 5.06. The summed E-state index contributed by atoms with van der Waals surface area (Å²) in [5, 5.41) is 15.7. The van der Waals surface area contributed by atoms with Crippen LogP contribution in [0.4, 0.5) is 5.69 Å². The van der Waals surface area contributed by atoms with Crippen LogP contribution >= 0.6 is 11.6 Å². The van der Waals surface area contributed by atoms with Crippen molar-refractivity contribution in [3.8, 4) is 11.8 Å². The lowest BCUT2D eigenvalue weighted by Crippen LogP contribution is -2.56. The van der Waals surface area contributed by atoms with Crippen LogP contribution in [0.15, 0.2) is 18.2 Å². The third kappa shape index (κ3) is 5.48. The minimum absolute atomic E-state index is 0.0122. The Morgan fingerprint density at radius 3 is 2.84 bits per heavy atom. The topological polar surface area (TPSA) is 92.6 Å². The molecule has 0 spiro atoms. The van der Waals surface area contributed by atoms with Gasteiger partial charge in [-0.15, -0.1) is 11.6 Å². The highest BCUT2D eigenvalue weighted by Crippen LogP contribution is 2.37. The van der Waals surface area contributed by atoms with Crippen LogP contribution in [0.2, 0.25) is 0 Å². The second kappa shape index (κ2) is 10.7. The summed E-state index contributed by atoms with van der Waals surface area (Å²) in [5.41, 5.74) is 1.32. The Labute approximate surface area is 194 Å². The number of fused-ring (bicyclic) bond motifs is 1. The smallest absolute Gasteiger partial charge is 0.225 e. The lowest BCUT2D eigenvalue weighted by Gasteiger charge is -2.44. The number of hydrogen-bond donors (Lipinski definition) is 2. The summed E-state index contributed by atoms with van der Waals surface area (Å²) in [4.78, 5) is 12.8. The first-order valence-electron chi connectivity index (χ1n) is 11.5. The standard InChI is InChI=1S/C24H32ClN3O4/c1-30-22-10-19(3-2-16(22)12-26)27-13-18-8-17-9-20(25)23(11-21(17)28-24(18)29)32-14-15-4-6-31-7-5-15/h2-3,10,15,17-18,20-21,23,27H,4-9,11,13-14H2,1H3,(H,28,29). The highest BCUT2D eigenvalue weighted by atomic mass is 35.5. The number of nitriles is 1. The van der Waals surface area contributed by atoms with Crippen molar-refractivity contribution in [2.45, 2.75) is 49.6 Å². The van der Waals surface area contributed by atoms with Crippen LogP contribution < -0.4 is 15.4 Å². The largest absolute Gasteiger partial charge is 0.495 e. The average molecular weight is 462 g/mol. The number of carbonyl (C=O) groups is 1. The molecule has 5 unspecified atom stereocenters. The van der Waals surface area contributed by atoms with E-state index in [9.17, 15) is 4.79 Å². The van der Waals surface area contributed by atoms with E-state index >= 15 is 0 Å². The van der Waals surface area contributed by atoms with Gasteiger partial charge in [0.05, 0.1) is 36.7 Å². The Balaban J connectivity index is 1.29. The molecule has 1 aliphatic carbocycles. The van der Waals surface area contributed by atoms with Crippen molar-refractivity contribution in [3.05, 3.63) is 23.8 Å². The third-order valence-corrected chi connectivity index (χ3v) is 7.49. The van der Waals surface area contributed by atoms with E-state index in [0.29, 0.717) is 29.7 Å². The summed E-state index contributed by atoms with van der Waals surface area (Å²) >= 11 is 6.72. The normalized spacial score (nSPS) is 30.7. The summed E-state index contributed by atoms with van der Waals surface area (Å²) < 4.78 is 16.9. The molecule has 3 fully saturated rings. The summed E-state index contributed by atoms with van der Waals surface area (Å²) in [6.45, 7) is 2.88. The van der Waals surface area contributed by atoms with Crippen LogP contribution in [0.25, 0.3) is 0 Å². The molecule has 0 radical (unpaired) electrons. The molecule has 7 nitrogen and oxygen atoms in total. The molecule has 1 aromatic carbocycles. The fraction of sp³-hybridized carbons (Fsp3) is 0.667. The van der Waals surface area contributed by atoms with E-state index in [4.69, 9.17) is 31.1 Å². The minimum atomic E-state index is -0.124. The number of rotatable bonds is 7. The molecular formula is C24H32ClN3O4. The van der Waals surface area contributed by atoms with Gasteiger partial charge >= 0.3 is 0 Å². The van der Waals surface area contributed by atoms with Crippen molar-refractivity contribution in [2.75, 3.05) is 38.8 Å². The van der Waals surface area contributed by atoms with Crippen LogP contribution in [0.1, 0.15) is 37.7 Å². The summed E-state index contributed by atoms with van der Waals surface area (Å²) in [6, 6.07) is 7.58. The Hall–Kier alpha value is -2.01. The van der Waals surface area contributed by atoms with Gasteiger partial charge in [-0.1, -0.05) is 0 Å².